The molecule has 1 rings (SSSR count). The molecule has 0 fully saturated rings. The third kappa shape index (κ3) is 6.13. The van der Waals surface area contributed by atoms with Crippen LogP contribution in [0.1, 0.15) is 51.5 Å². The van der Waals surface area contributed by atoms with E-state index in [1.807, 2.05) is 5.38 Å². The highest BCUT2D eigenvalue weighted by Crippen LogP contribution is 2.29. The van der Waals surface area contributed by atoms with Crippen molar-refractivity contribution in [3.63, 3.8) is 0 Å². The van der Waals surface area contributed by atoms with Crippen molar-refractivity contribution in [3.05, 3.63) is 21.3 Å². The summed E-state index contributed by atoms with van der Waals surface area (Å²) >= 11 is 7.80. The zero-order valence-electron chi connectivity index (χ0n) is 13.2. The molecule has 1 aromatic rings. The fourth-order valence-electron chi connectivity index (χ4n) is 2.22. The number of nitrogens with two attached hydrogens (primary N) is 1. The second-order valence-electron chi connectivity index (χ2n) is 6.32. The molecule has 20 heavy (non-hydrogen) atoms. The largest absolute Gasteiger partial charge is 0.329 e. The van der Waals surface area contributed by atoms with E-state index in [-0.39, 0.29) is 0 Å². The lowest BCUT2D eigenvalue weighted by Crippen LogP contribution is -2.35. The Balaban J connectivity index is 2.75. The topological polar surface area (TPSA) is 29.3 Å². The van der Waals surface area contributed by atoms with Crippen molar-refractivity contribution in [3.8, 4) is 0 Å². The van der Waals surface area contributed by atoms with E-state index in [1.54, 1.807) is 11.3 Å². The molecule has 1 heterocycles. The van der Waals surface area contributed by atoms with Gasteiger partial charge in [-0.3, -0.25) is 4.90 Å². The summed E-state index contributed by atoms with van der Waals surface area (Å²) in [7, 11) is 0. The van der Waals surface area contributed by atoms with Crippen LogP contribution in [0, 0.1) is 11.8 Å². The van der Waals surface area contributed by atoms with Crippen molar-refractivity contribution < 1.29 is 0 Å². The first-order valence-corrected chi connectivity index (χ1v) is 8.87. The van der Waals surface area contributed by atoms with Crippen LogP contribution >= 0.6 is 22.9 Å². The molecule has 0 aromatic carbocycles. The van der Waals surface area contributed by atoms with Gasteiger partial charge in [-0.05, 0) is 43.8 Å². The normalized spacial score (nSPS) is 13.7. The summed E-state index contributed by atoms with van der Waals surface area (Å²) in [6, 6.07) is 2.38. The third-order valence-electron chi connectivity index (χ3n) is 3.57. The molecular formula is C16H29ClN2S. The smallest absolute Gasteiger partial charge is 0.0564 e. The Morgan fingerprint density at radius 3 is 2.05 bits per heavy atom. The fourth-order valence-corrected chi connectivity index (χ4v) is 3.45. The maximum absolute atomic E-state index is 6.07. The predicted octanol–water partition coefficient (Wildman–Crippen LogP) is 4.80. The highest BCUT2D eigenvalue weighted by molar-refractivity contribution is 7.10. The van der Waals surface area contributed by atoms with Gasteiger partial charge < -0.3 is 5.73 Å². The van der Waals surface area contributed by atoms with Gasteiger partial charge in [-0.2, -0.15) is 0 Å². The van der Waals surface area contributed by atoms with Crippen molar-refractivity contribution >= 4 is 22.9 Å². The van der Waals surface area contributed by atoms with Crippen LogP contribution in [-0.4, -0.2) is 24.5 Å². The van der Waals surface area contributed by atoms with Crippen LogP contribution in [0.15, 0.2) is 11.4 Å². The van der Waals surface area contributed by atoms with E-state index in [0.717, 1.165) is 29.9 Å². The van der Waals surface area contributed by atoms with E-state index in [9.17, 15) is 0 Å². The first-order chi connectivity index (χ1) is 9.43. The summed E-state index contributed by atoms with van der Waals surface area (Å²) in [5.41, 5.74) is 6.05. The van der Waals surface area contributed by atoms with Gasteiger partial charge in [-0.15, -0.1) is 11.3 Å². The zero-order chi connectivity index (χ0) is 15.1. The Labute approximate surface area is 133 Å². The van der Waals surface area contributed by atoms with Crippen molar-refractivity contribution in [2.75, 3.05) is 19.6 Å². The summed E-state index contributed by atoms with van der Waals surface area (Å²) in [5, 5.41) is 2.83. The summed E-state index contributed by atoms with van der Waals surface area (Å²) in [5.74, 6) is 1.45. The second kappa shape index (κ2) is 9.04. The maximum Gasteiger partial charge on any atom is 0.0564 e. The lowest BCUT2D eigenvalue weighted by molar-refractivity contribution is 0.183. The van der Waals surface area contributed by atoms with Crippen LogP contribution in [0.5, 0.6) is 0 Å². The van der Waals surface area contributed by atoms with Crippen molar-refractivity contribution in [1.29, 1.82) is 0 Å². The molecule has 1 unspecified atom stereocenters. The van der Waals surface area contributed by atoms with Gasteiger partial charge in [-0.1, -0.05) is 39.3 Å². The number of halogens is 1. The van der Waals surface area contributed by atoms with Gasteiger partial charge in [0, 0.05) is 16.8 Å². The molecule has 0 radical (unpaired) electrons. The van der Waals surface area contributed by atoms with Crippen LogP contribution in [-0.2, 0) is 0 Å². The molecule has 116 valence electrons. The molecule has 1 atom stereocenters. The standard InChI is InChI=1S/C16H29ClN2S/c1-12(2)5-7-19(8-6-13(3)4)15(10-18)16-9-14(17)11-20-16/h9,11-13,15H,5-8,10,18H2,1-4H3. The fraction of sp³-hybridized carbons (Fsp3) is 0.750. The summed E-state index contributed by atoms with van der Waals surface area (Å²) in [6.45, 7) is 12.0. The molecule has 0 spiro atoms. The molecule has 0 saturated heterocycles. The molecule has 2 nitrogen and oxygen atoms in total. The molecule has 4 heteroatoms. The van der Waals surface area contributed by atoms with Gasteiger partial charge in [-0.25, -0.2) is 0 Å². The van der Waals surface area contributed by atoms with Crippen LogP contribution in [0.2, 0.25) is 5.02 Å². The highest BCUT2D eigenvalue weighted by Gasteiger charge is 2.21. The predicted molar refractivity (Wildman–Crippen MR) is 91.6 cm³/mol. The molecule has 0 bridgehead atoms. The van der Waals surface area contributed by atoms with Crippen LogP contribution in [0.4, 0.5) is 0 Å². The lowest BCUT2D eigenvalue weighted by atomic mass is 10.1. The van der Waals surface area contributed by atoms with Crippen molar-refractivity contribution in [2.45, 2.75) is 46.6 Å². The van der Waals surface area contributed by atoms with Gasteiger partial charge in [0.2, 0.25) is 0 Å². The molecule has 0 saturated carbocycles. The van der Waals surface area contributed by atoms with Gasteiger partial charge >= 0.3 is 0 Å². The number of hydrogen-bond acceptors (Lipinski definition) is 3. The third-order valence-corrected chi connectivity index (χ3v) is 4.95. The lowest BCUT2D eigenvalue weighted by Gasteiger charge is -2.31. The average Bonchev–Trinajstić information content (AvgIpc) is 2.78. The number of thiophene rings is 1. The van der Waals surface area contributed by atoms with Crippen molar-refractivity contribution in [1.82, 2.24) is 4.90 Å². The minimum atomic E-state index is 0.310. The molecule has 2 N–H and O–H groups in total. The quantitative estimate of drug-likeness (QED) is 0.709. The molecule has 1 aromatic heterocycles. The number of hydrogen-bond donors (Lipinski definition) is 1. The minimum Gasteiger partial charge on any atom is -0.329 e. The Morgan fingerprint density at radius 2 is 1.70 bits per heavy atom. The van der Waals surface area contributed by atoms with E-state index in [1.165, 1.54) is 17.7 Å². The molecule has 0 aliphatic carbocycles. The molecule has 0 aliphatic rings. The number of nitrogens with zero attached hydrogens (tertiary/aromatic N) is 1. The number of rotatable bonds is 9. The Hall–Kier alpha value is -0.0900. The Kier molecular flexibility index (Phi) is 8.11. The second-order valence-corrected chi connectivity index (χ2v) is 7.70. The summed E-state index contributed by atoms with van der Waals surface area (Å²) in [4.78, 5) is 3.84. The molecule has 0 aliphatic heterocycles. The Morgan fingerprint density at radius 1 is 1.15 bits per heavy atom. The summed E-state index contributed by atoms with van der Waals surface area (Å²) in [6.07, 6.45) is 2.43. The van der Waals surface area contributed by atoms with Crippen LogP contribution in [0.25, 0.3) is 0 Å². The first-order valence-electron chi connectivity index (χ1n) is 7.62. The average molecular weight is 317 g/mol. The Bertz CT molecular complexity index is 364. The zero-order valence-corrected chi connectivity index (χ0v) is 14.8. The van der Waals surface area contributed by atoms with Crippen LogP contribution < -0.4 is 5.73 Å². The van der Waals surface area contributed by atoms with Gasteiger partial charge in [0.25, 0.3) is 0 Å². The van der Waals surface area contributed by atoms with Crippen molar-refractivity contribution in [2.24, 2.45) is 17.6 Å². The van der Waals surface area contributed by atoms with E-state index < -0.39 is 0 Å². The summed E-state index contributed by atoms with van der Waals surface area (Å²) < 4.78 is 0. The maximum atomic E-state index is 6.07. The first kappa shape index (κ1) is 18.0. The SMILES string of the molecule is CC(C)CCN(CCC(C)C)C(CN)c1cc(Cl)cs1. The van der Waals surface area contributed by atoms with Crippen LogP contribution in [0.3, 0.4) is 0 Å². The van der Waals surface area contributed by atoms with Gasteiger partial charge in [0.15, 0.2) is 0 Å². The van der Waals surface area contributed by atoms with Gasteiger partial charge in [0.1, 0.15) is 0 Å². The molecule has 0 amide bonds. The monoisotopic (exact) mass is 316 g/mol. The van der Waals surface area contributed by atoms with E-state index in [4.69, 9.17) is 17.3 Å². The van der Waals surface area contributed by atoms with E-state index >= 15 is 0 Å². The highest BCUT2D eigenvalue weighted by atomic mass is 35.5. The van der Waals surface area contributed by atoms with Gasteiger partial charge in [0.05, 0.1) is 11.1 Å². The minimum absolute atomic E-state index is 0.310. The van der Waals surface area contributed by atoms with E-state index in [2.05, 4.69) is 38.7 Å². The van der Waals surface area contributed by atoms with E-state index in [0.29, 0.717) is 12.6 Å². The molecular weight excluding hydrogens is 288 g/mol.